The van der Waals surface area contributed by atoms with Gasteiger partial charge in [0.15, 0.2) is 0 Å². The fraction of sp³-hybridized carbons (Fsp3) is 0.583. The summed E-state index contributed by atoms with van der Waals surface area (Å²) in [5.41, 5.74) is -0.226. The number of thiophene rings is 1. The van der Waals surface area contributed by atoms with Crippen LogP contribution >= 0.6 is 22.9 Å². The number of halogens is 1. The number of nitrogens with one attached hydrogen (secondary N) is 1. The molecule has 2 fully saturated rings. The molecule has 5 heteroatoms. The highest BCUT2D eigenvalue weighted by Crippen LogP contribution is 2.37. The van der Waals surface area contributed by atoms with Gasteiger partial charge in [0.1, 0.15) is 5.54 Å². The summed E-state index contributed by atoms with van der Waals surface area (Å²) >= 11 is 7.56. The third-order valence-corrected chi connectivity index (χ3v) is 5.06. The SMILES string of the molecule is O=C1NCCC12CCCN2Cc1ccc(Cl)s1. The largest absolute Gasteiger partial charge is 0.354 e. The molecule has 3 heterocycles. The number of carbonyl (C=O) groups is 1. The van der Waals surface area contributed by atoms with Crippen LogP contribution in [-0.2, 0) is 11.3 Å². The standard InChI is InChI=1S/C12H15ClN2OS/c13-10-3-2-9(17-10)8-15-7-1-4-12(15)5-6-14-11(12)16/h2-3H,1,4-8H2,(H,14,16). The summed E-state index contributed by atoms with van der Waals surface area (Å²) in [4.78, 5) is 15.6. The van der Waals surface area contributed by atoms with Crippen LogP contribution < -0.4 is 5.32 Å². The lowest BCUT2D eigenvalue weighted by atomic mass is 9.94. The van der Waals surface area contributed by atoms with Gasteiger partial charge in [-0.1, -0.05) is 11.6 Å². The number of likely N-dealkylation sites (tertiary alicyclic amines) is 1. The van der Waals surface area contributed by atoms with Crippen molar-refractivity contribution in [3.8, 4) is 0 Å². The minimum atomic E-state index is -0.226. The molecule has 0 aliphatic carbocycles. The quantitative estimate of drug-likeness (QED) is 0.894. The Morgan fingerprint density at radius 2 is 2.35 bits per heavy atom. The summed E-state index contributed by atoms with van der Waals surface area (Å²) in [6.45, 7) is 2.69. The van der Waals surface area contributed by atoms with Gasteiger partial charge in [0.2, 0.25) is 5.91 Å². The molecule has 2 aliphatic rings. The number of nitrogens with zero attached hydrogens (tertiary/aromatic N) is 1. The van der Waals surface area contributed by atoms with Crippen molar-refractivity contribution in [2.75, 3.05) is 13.1 Å². The Hall–Kier alpha value is -0.580. The lowest BCUT2D eigenvalue weighted by Gasteiger charge is -2.31. The van der Waals surface area contributed by atoms with Crippen LogP contribution in [0.1, 0.15) is 24.1 Å². The van der Waals surface area contributed by atoms with Crippen LogP contribution in [0.5, 0.6) is 0 Å². The van der Waals surface area contributed by atoms with Crippen molar-refractivity contribution < 1.29 is 4.79 Å². The number of hydrogen-bond acceptors (Lipinski definition) is 3. The van der Waals surface area contributed by atoms with Crippen molar-refractivity contribution in [2.24, 2.45) is 0 Å². The Balaban J connectivity index is 1.80. The van der Waals surface area contributed by atoms with Gasteiger partial charge in [-0.2, -0.15) is 0 Å². The average molecular weight is 271 g/mol. The zero-order valence-electron chi connectivity index (χ0n) is 9.54. The molecule has 1 spiro atoms. The second kappa shape index (κ2) is 4.26. The maximum Gasteiger partial charge on any atom is 0.240 e. The van der Waals surface area contributed by atoms with Crippen LogP contribution in [0.4, 0.5) is 0 Å². The second-order valence-corrected chi connectivity index (χ2v) is 6.57. The lowest BCUT2D eigenvalue weighted by Crippen LogP contribution is -2.48. The fourth-order valence-corrected chi connectivity index (χ4v) is 4.09. The van der Waals surface area contributed by atoms with E-state index in [1.54, 1.807) is 11.3 Å². The zero-order valence-corrected chi connectivity index (χ0v) is 11.1. The molecular weight excluding hydrogens is 256 g/mol. The average Bonchev–Trinajstić information content (AvgIpc) is 2.96. The number of carbonyl (C=O) groups excluding carboxylic acids is 1. The summed E-state index contributed by atoms with van der Waals surface area (Å²) in [7, 11) is 0. The monoisotopic (exact) mass is 270 g/mol. The molecule has 1 atom stereocenters. The van der Waals surface area contributed by atoms with E-state index in [4.69, 9.17) is 11.6 Å². The van der Waals surface area contributed by atoms with Gasteiger partial charge in [-0.3, -0.25) is 9.69 Å². The topological polar surface area (TPSA) is 32.3 Å². The first-order valence-corrected chi connectivity index (χ1v) is 7.18. The van der Waals surface area contributed by atoms with Gasteiger partial charge < -0.3 is 5.32 Å². The molecular formula is C12H15ClN2OS. The maximum atomic E-state index is 12.0. The van der Waals surface area contributed by atoms with E-state index in [-0.39, 0.29) is 11.4 Å². The van der Waals surface area contributed by atoms with Crippen LogP contribution in [0, 0.1) is 0 Å². The van der Waals surface area contributed by atoms with Gasteiger partial charge >= 0.3 is 0 Å². The van der Waals surface area contributed by atoms with Crippen molar-refractivity contribution in [3.63, 3.8) is 0 Å². The smallest absolute Gasteiger partial charge is 0.240 e. The van der Waals surface area contributed by atoms with E-state index in [1.807, 2.05) is 6.07 Å². The molecule has 1 unspecified atom stereocenters. The first-order chi connectivity index (χ1) is 8.21. The molecule has 0 bridgehead atoms. The van der Waals surface area contributed by atoms with E-state index in [2.05, 4.69) is 16.3 Å². The Bertz CT molecular complexity index is 443. The van der Waals surface area contributed by atoms with Crippen LogP contribution in [0.25, 0.3) is 0 Å². The number of rotatable bonds is 2. The molecule has 2 saturated heterocycles. The van der Waals surface area contributed by atoms with E-state index in [0.29, 0.717) is 0 Å². The predicted molar refractivity (Wildman–Crippen MR) is 69.3 cm³/mol. The molecule has 3 rings (SSSR count). The minimum absolute atomic E-state index is 0.220. The summed E-state index contributed by atoms with van der Waals surface area (Å²) in [6, 6.07) is 3.99. The Kier molecular flexibility index (Phi) is 2.89. The highest BCUT2D eigenvalue weighted by atomic mass is 35.5. The molecule has 0 radical (unpaired) electrons. The van der Waals surface area contributed by atoms with Gasteiger partial charge in [0.25, 0.3) is 0 Å². The highest BCUT2D eigenvalue weighted by molar-refractivity contribution is 7.16. The third-order valence-electron chi connectivity index (χ3n) is 3.85. The molecule has 0 aromatic carbocycles. The van der Waals surface area contributed by atoms with Gasteiger partial charge in [-0.25, -0.2) is 0 Å². The van der Waals surface area contributed by atoms with Gasteiger partial charge in [-0.15, -0.1) is 11.3 Å². The summed E-state index contributed by atoms with van der Waals surface area (Å²) in [5, 5.41) is 2.97. The molecule has 92 valence electrons. The normalized spacial score (nSPS) is 29.1. The van der Waals surface area contributed by atoms with Crippen LogP contribution in [-0.4, -0.2) is 29.4 Å². The number of hydrogen-bond donors (Lipinski definition) is 1. The van der Waals surface area contributed by atoms with E-state index in [9.17, 15) is 4.79 Å². The van der Waals surface area contributed by atoms with E-state index in [1.165, 1.54) is 4.88 Å². The van der Waals surface area contributed by atoms with Crippen molar-refractivity contribution >= 4 is 28.8 Å². The summed E-state index contributed by atoms with van der Waals surface area (Å²) < 4.78 is 0.823. The molecule has 0 saturated carbocycles. The van der Waals surface area contributed by atoms with Crippen molar-refractivity contribution in [3.05, 3.63) is 21.3 Å². The molecule has 17 heavy (non-hydrogen) atoms. The maximum absolute atomic E-state index is 12.0. The highest BCUT2D eigenvalue weighted by Gasteiger charge is 2.49. The van der Waals surface area contributed by atoms with Gasteiger partial charge in [-0.05, 0) is 37.9 Å². The minimum Gasteiger partial charge on any atom is -0.354 e. The molecule has 3 nitrogen and oxygen atoms in total. The molecule has 2 aliphatic heterocycles. The van der Waals surface area contributed by atoms with Crippen molar-refractivity contribution in [2.45, 2.75) is 31.3 Å². The number of amides is 1. The van der Waals surface area contributed by atoms with Gasteiger partial charge in [0, 0.05) is 18.0 Å². The summed E-state index contributed by atoms with van der Waals surface area (Å²) in [5.74, 6) is 0.220. The van der Waals surface area contributed by atoms with Crippen LogP contribution in [0.3, 0.4) is 0 Å². The van der Waals surface area contributed by atoms with Crippen LogP contribution in [0.2, 0.25) is 4.34 Å². The third kappa shape index (κ3) is 1.88. The Morgan fingerprint density at radius 3 is 3.00 bits per heavy atom. The molecule has 1 amide bonds. The molecule has 1 aromatic rings. The first kappa shape index (κ1) is 11.5. The Labute approximate surface area is 110 Å². The molecule has 1 aromatic heterocycles. The van der Waals surface area contributed by atoms with E-state index < -0.39 is 0 Å². The summed E-state index contributed by atoms with van der Waals surface area (Å²) in [6.07, 6.45) is 3.06. The van der Waals surface area contributed by atoms with Crippen molar-refractivity contribution in [1.29, 1.82) is 0 Å². The predicted octanol–water partition coefficient (Wildman–Crippen LogP) is 2.26. The Morgan fingerprint density at radius 1 is 1.47 bits per heavy atom. The zero-order chi connectivity index (χ0) is 11.9. The van der Waals surface area contributed by atoms with E-state index >= 15 is 0 Å². The van der Waals surface area contributed by atoms with Gasteiger partial charge in [0.05, 0.1) is 4.34 Å². The van der Waals surface area contributed by atoms with Crippen molar-refractivity contribution in [1.82, 2.24) is 10.2 Å². The first-order valence-electron chi connectivity index (χ1n) is 5.98. The lowest BCUT2D eigenvalue weighted by molar-refractivity contribution is -0.128. The second-order valence-electron chi connectivity index (χ2n) is 4.77. The molecule has 1 N–H and O–H groups in total. The van der Waals surface area contributed by atoms with E-state index in [0.717, 1.165) is 43.2 Å². The fourth-order valence-electron chi connectivity index (χ4n) is 2.99. The van der Waals surface area contributed by atoms with Crippen LogP contribution in [0.15, 0.2) is 12.1 Å².